The fourth-order valence-corrected chi connectivity index (χ4v) is 1.59. The largest absolute Gasteiger partial charge is 0.361 e. The summed E-state index contributed by atoms with van der Waals surface area (Å²) in [4.78, 5) is 25.6. The predicted molar refractivity (Wildman–Crippen MR) is 49.0 cm³/mol. The van der Waals surface area contributed by atoms with E-state index in [-0.39, 0.29) is 11.1 Å². The van der Waals surface area contributed by atoms with Crippen molar-refractivity contribution in [2.75, 3.05) is 0 Å². The monoisotopic (exact) mass is 179 g/mol. The van der Waals surface area contributed by atoms with Crippen LogP contribution in [0.1, 0.15) is 11.4 Å². The van der Waals surface area contributed by atoms with Gasteiger partial charge in [0.15, 0.2) is 0 Å². The summed E-state index contributed by atoms with van der Waals surface area (Å²) < 4.78 is 0. The first-order chi connectivity index (χ1) is 6.11. The Bertz CT molecular complexity index is 523. The second-order valence-corrected chi connectivity index (χ2v) is 3.03. The lowest BCUT2D eigenvalue weighted by molar-refractivity contribution is 0.976. The molecule has 0 aromatic carbocycles. The van der Waals surface area contributed by atoms with Crippen LogP contribution in [0, 0.1) is 13.8 Å². The Morgan fingerprint density at radius 3 is 1.62 bits per heavy atom. The molecule has 2 heterocycles. The van der Waals surface area contributed by atoms with Crippen LogP contribution < -0.4 is 11.1 Å². The first-order valence-corrected chi connectivity index (χ1v) is 3.91. The number of aromatic amines is 3. The van der Waals surface area contributed by atoms with Crippen molar-refractivity contribution in [3.05, 3.63) is 32.1 Å². The second kappa shape index (κ2) is 2.35. The van der Waals surface area contributed by atoms with Crippen molar-refractivity contribution in [3.8, 4) is 0 Å². The summed E-state index contributed by atoms with van der Waals surface area (Å²) in [6, 6.07) is 0. The summed E-state index contributed by atoms with van der Waals surface area (Å²) in [5.41, 5.74) is 0.910. The van der Waals surface area contributed by atoms with Crippen molar-refractivity contribution in [3.63, 3.8) is 0 Å². The standard InChI is InChI=1S/C8H9N3O2/c1-3-5-6(4(2)9-3)8(13)11-10-7(5)12/h9H,1-2H3,(H,10,12)(H,11,13). The molecule has 0 radical (unpaired) electrons. The third-order valence-electron chi connectivity index (χ3n) is 2.12. The van der Waals surface area contributed by atoms with Gasteiger partial charge < -0.3 is 4.98 Å². The van der Waals surface area contributed by atoms with Gasteiger partial charge in [-0.1, -0.05) is 0 Å². The molecule has 0 aliphatic heterocycles. The van der Waals surface area contributed by atoms with E-state index in [0.717, 1.165) is 11.4 Å². The summed E-state index contributed by atoms with van der Waals surface area (Å²) in [6.07, 6.45) is 0. The first-order valence-electron chi connectivity index (χ1n) is 3.91. The van der Waals surface area contributed by atoms with Crippen LogP contribution in [0.25, 0.3) is 10.8 Å². The first kappa shape index (κ1) is 7.85. The molecule has 0 bridgehead atoms. The molecule has 0 aliphatic rings. The molecular formula is C8H9N3O2. The van der Waals surface area contributed by atoms with Crippen LogP contribution in [0.15, 0.2) is 9.59 Å². The van der Waals surface area contributed by atoms with Gasteiger partial charge in [-0.05, 0) is 13.8 Å². The highest BCUT2D eigenvalue weighted by Gasteiger charge is 2.10. The van der Waals surface area contributed by atoms with E-state index in [0.29, 0.717) is 10.8 Å². The molecule has 0 unspecified atom stereocenters. The smallest absolute Gasteiger partial charge is 0.272 e. The Labute approximate surface area is 72.8 Å². The van der Waals surface area contributed by atoms with E-state index < -0.39 is 0 Å². The minimum atomic E-state index is -0.267. The van der Waals surface area contributed by atoms with Gasteiger partial charge >= 0.3 is 0 Å². The molecule has 0 fully saturated rings. The number of fused-ring (bicyclic) bond motifs is 1. The molecule has 68 valence electrons. The van der Waals surface area contributed by atoms with Crippen molar-refractivity contribution in [2.45, 2.75) is 13.8 Å². The maximum absolute atomic E-state index is 11.3. The number of hydrogen-bond donors (Lipinski definition) is 3. The minimum Gasteiger partial charge on any atom is -0.361 e. The normalized spacial score (nSPS) is 10.9. The van der Waals surface area contributed by atoms with Crippen molar-refractivity contribution in [2.24, 2.45) is 0 Å². The summed E-state index contributed by atoms with van der Waals surface area (Å²) >= 11 is 0. The van der Waals surface area contributed by atoms with Gasteiger partial charge in [-0.15, -0.1) is 0 Å². The van der Waals surface area contributed by atoms with Gasteiger partial charge in [0, 0.05) is 11.4 Å². The molecule has 0 atom stereocenters. The predicted octanol–water partition coefficient (Wildman–Crippen LogP) is 0.161. The van der Waals surface area contributed by atoms with Crippen molar-refractivity contribution in [1.82, 2.24) is 15.2 Å². The number of aryl methyl sites for hydroxylation is 2. The molecular weight excluding hydrogens is 170 g/mol. The van der Waals surface area contributed by atoms with Crippen LogP contribution in [0.5, 0.6) is 0 Å². The molecule has 3 N–H and O–H groups in total. The lowest BCUT2D eigenvalue weighted by Crippen LogP contribution is -2.18. The number of hydrogen-bond acceptors (Lipinski definition) is 2. The molecule has 2 rings (SSSR count). The van der Waals surface area contributed by atoms with E-state index in [1.807, 2.05) is 0 Å². The molecule has 0 saturated carbocycles. The zero-order valence-electron chi connectivity index (χ0n) is 7.32. The van der Waals surface area contributed by atoms with Crippen molar-refractivity contribution >= 4 is 10.8 Å². The van der Waals surface area contributed by atoms with E-state index in [4.69, 9.17) is 0 Å². The Balaban J connectivity index is 3.22. The quantitative estimate of drug-likeness (QED) is 0.538. The number of nitrogens with one attached hydrogen (secondary N) is 3. The Morgan fingerprint density at radius 2 is 1.23 bits per heavy atom. The molecule has 5 nitrogen and oxygen atoms in total. The molecule has 5 heteroatoms. The molecule has 0 amide bonds. The lowest BCUT2D eigenvalue weighted by Gasteiger charge is -1.88. The SMILES string of the molecule is Cc1[nH]c(C)c2c(=O)[nH][nH]c(=O)c12. The Hall–Kier alpha value is -1.78. The van der Waals surface area contributed by atoms with Gasteiger partial charge in [-0.25, -0.2) is 0 Å². The van der Waals surface area contributed by atoms with Crippen LogP contribution in [0.3, 0.4) is 0 Å². The minimum absolute atomic E-state index is 0.267. The van der Waals surface area contributed by atoms with Gasteiger partial charge in [0.2, 0.25) is 0 Å². The molecule has 2 aromatic rings. The van der Waals surface area contributed by atoms with E-state index in [1.165, 1.54) is 0 Å². The average molecular weight is 179 g/mol. The number of H-pyrrole nitrogens is 3. The number of aromatic nitrogens is 3. The zero-order valence-corrected chi connectivity index (χ0v) is 7.32. The maximum Gasteiger partial charge on any atom is 0.272 e. The molecule has 0 saturated heterocycles. The lowest BCUT2D eigenvalue weighted by atomic mass is 10.2. The van der Waals surface area contributed by atoms with Gasteiger partial charge in [-0.2, -0.15) is 0 Å². The van der Waals surface area contributed by atoms with Gasteiger partial charge in [0.1, 0.15) is 0 Å². The summed E-state index contributed by atoms with van der Waals surface area (Å²) in [7, 11) is 0. The van der Waals surface area contributed by atoms with Crippen LogP contribution >= 0.6 is 0 Å². The maximum atomic E-state index is 11.3. The van der Waals surface area contributed by atoms with E-state index in [2.05, 4.69) is 15.2 Å². The van der Waals surface area contributed by atoms with Gasteiger partial charge in [-0.3, -0.25) is 19.8 Å². The molecule has 2 aromatic heterocycles. The van der Waals surface area contributed by atoms with Crippen LogP contribution in [-0.4, -0.2) is 15.2 Å². The molecule has 13 heavy (non-hydrogen) atoms. The van der Waals surface area contributed by atoms with Crippen molar-refractivity contribution in [1.29, 1.82) is 0 Å². The third kappa shape index (κ3) is 0.932. The average Bonchev–Trinajstić information content (AvgIpc) is 2.36. The zero-order chi connectivity index (χ0) is 9.59. The Morgan fingerprint density at radius 1 is 0.846 bits per heavy atom. The van der Waals surface area contributed by atoms with Crippen LogP contribution in [0.2, 0.25) is 0 Å². The summed E-state index contributed by atoms with van der Waals surface area (Å²) in [5.74, 6) is 0. The topological polar surface area (TPSA) is 81.5 Å². The molecule has 0 spiro atoms. The van der Waals surface area contributed by atoms with E-state index in [9.17, 15) is 9.59 Å². The van der Waals surface area contributed by atoms with E-state index >= 15 is 0 Å². The fourth-order valence-electron chi connectivity index (χ4n) is 1.59. The van der Waals surface area contributed by atoms with Crippen molar-refractivity contribution < 1.29 is 0 Å². The summed E-state index contributed by atoms with van der Waals surface area (Å²) in [5, 5.41) is 5.46. The second-order valence-electron chi connectivity index (χ2n) is 3.03. The Kier molecular flexibility index (Phi) is 1.42. The summed E-state index contributed by atoms with van der Waals surface area (Å²) in [6.45, 7) is 3.54. The highest BCUT2D eigenvalue weighted by atomic mass is 16.1. The third-order valence-corrected chi connectivity index (χ3v) is 2.12. The highest BCUT2D eigenvalue weighted by molar-refractivity contribution is 5.85. The number of rotatable bonds is 0. The van der Waals surface area contributed by atoms with Crippen LogP contribution in [-0.2, 0) is 0 Å². The van der Waals surface area contributed by atoms with E-state index in [1.54, 1.807) is 13.8 Å². The molecule has 0 aliphatic carbocycles. The fraction of sp³-hybridized carbons (Fsp3) is 0.250. The highest BCUT2D eigenvalue weighted by Crippen LogP contribution is 2.12. The van der Waals surface area contributed by atoms with Gasteiger partial charge in [0.25, 0.3) is 11.1 Å². The van der Waals surface area contributed by atoms with Gasteiger partial charge in [0.05, 0.1) is 10.8 Å². The van der Waals surface area contributed by atoms with Crippen LogP contribution in [0.4, 0.5) is 0 Å².